The van der Waals surface area contributed by atoms with Crippen molar-refractivity contribution in [2.45, 2.75) is 46.2 Å². The summed E-state index contributed by atoms with van der Waals surface area (Å²) in [7, 11) is 0. The third kappa shape index (κ3) is 3.36. The van der Waals surface area contributed by atoms with Crippen LogP contribution < -0.4 is 10.3 Å². The summed E-state index contributed by atoms with van der Waals surface area (Å²) in [5.74, 6) is 0. The molecular formula is C29H33N5O2. The van der Waals surface area contributed by atoms with Crippen molar-refractivity contribution in [2.24, 2.45) is 0 Å². The summed E-state index contributed by atoms with van der Waals surface area (Å²) < 4.78 is 7.70. The predicted octanol–water partition coefficient (Wildman–Crippen LogP) is 4.48. The van der Waals surface area contributed by atoms with Gasteiger partial charge in [-0.15, -0.1) is 0 Å². The Morgan fingerprint density at radius 3 is 2.50 bits per heavy atom. The average molecular weight is 484 g/mol. The van der Waals surface area contributed by atoms with E-state index >= 15 is 0 Å². The first-order chi connectivity index (χ1) is 17.4. The zero-order valence-corrected chi connectivity index (χ0v) is 21.5. The van der Waals surface area contributed by atoms with Gasteiger partial charge >= 0.3 is 0 Å². The molecule has 2 aromatic heterocycles. The smallest absolute Gasteiger partial charge is 0.199 e. The molecule has 0 bridgehead atoms. The zero-order chi connectivity index (χ0) is 25.1. The molecule has 2 aromatic carbocycles. The second-order valence-corrected chi connectivity index (χ2v) is 10.5. The molecule has 0 radical (unpaired) electrons. The Balaban J connectivity index is 1.59. The van der Waals surface area contributed by atoms with Gasteiger partial charge in [-0.2, -0.15) is 5.26 Å². The fraction of sp³-hybridized carbons (Fsp3) is 0.448. The Morgan fingerprint density at radius 1 is 1.14 bits per heavy atom. The van der Waals surface area contributed by atoms with Crippen LogP contribution in [0, 0.1) is 18.3 Å². The number of nitrogens with one attached hydrogen (secondary N) is 1. The molecular weight excluding hydrogens is 450 g/mol. The summed E-state index contributed by atoms with van der Waals surface area (Å²) in [4.78, 5) is 22.6. The highest BCUT2D eigenvalue weighted by Gasteiger charge is 2.31. The van der Waals surface area contributed by atoms with Crippen molar-refractivity contribution < 1.29 is 4.74 Å². The van der Waals surface area contributed by atoms with E-state index in [1.807, 2.05) is 12.1 Å². The predicted molar refractivity (Wildman–Crippen MR) is 145 cm³/mol. The Labute approximate surface area is 210 Å². The maximum atomic E-state index is 14.0. The highest BCUT2D eigenvalue weighted by Crippen LogP contribution is 2.37. The summed E-state index contributed by atoms with van der Waals surface area (Å²) in [5, 5.41) is 11.8. The van der Waals surface area contributed by atoms with Crippen molar-refractivity contribution in [1.29, 1.82) is 5.26 Å². The maximum Gasteiger partial charge on any atom is 0.199 e. The van der Waals surface area contributed by atoms with Gasteiger partial charge in [0.1, 0.15) is 5.65 Å². The highest BCUT2D eigenvalue weighted by molar-refractivity contribution is 6.10. The van der Waals surface area contributed by atoms with Gasteiger partial charge in [-0.3, -0.25) is 9.69 Å². The Kier molecular flexibility index (Phi) is 5.55. The molecule has 0 saturated carbocycles. The molecule has 7 nitrogen and oxygen atoms in total. The maximum absolute atomic E-state index is 14.0. The van der Waals surface area contributed by atoms with E-state index in [0.29, 0.717) is 17.0 Å². The van der Waals surface area contributed by atoms with Crippen LogP contribution in [-0.4, -0.2) is 59.9 Å². The van der Waals surface area contributed by atoms with Gasteiger partial charge in [-0.25, -0.2) is 0 Å². The topological polar surface area (TPSA) is 77.3 Å². The Hall–Kier alpha value is -3.34. The zero-order valence-electron chi connectivity index (χ0n) is 21.5. The van der Waals surface area contributed by atoms with Crippen LogP contribution in [0.1, 0.15) is 43.5 Å². The van der Waals surface area contributed by atoms with E-state index < -0.39 is 0 Å². The molecule has 4 aromatic rings. The van der Waals surface area contributed by atoms with Gasteiger partial charge < -0.3 is 19.2 Å². The number of ether oxygens (including phenoxy) is 1. The van der Waals surface area contributed by atoms with Gasteiger partial charge in [0.05, 0.1) is 41.8 Å². The normalized spacial score (nSPS) is 17.4. The number of aromatic amines is 1. The van der Waals surface area contributed by atoms with E-state index in [4.69, 9.17) is 4.74 Å². The number of fused-ring (bicyclic) bond motifs is 4. The van der Waals surface area contributed by atoms with Crippen LogP contribution in [0.2, 0.25) is 0 Å². The van der Waals surface area contributed by atoms with E-state index in [9.17, 15) is 10.1 Å². The molecule has 36 heavy (non-hydrogen) atoms. The molecule has 4 heterocycles. The molecule has 1 N–H and O–H groups in total. The van der Waals surface area contributed by atoms with Gasteiger partial charge in [-0.1, -0.05) is 13.0 Å². The minimum atomic E-state index is 0.0620. The number of pyridine rings is 1. The lowest BCUT2D eigenvalue weighted by atomic mass is 9.97. The number of nitriles is 1. The van der Waals surface area contributed by atoms with Crippen LogP contribution >= 0.6 is 0 Å². The molecule has 6 rings (SSSR count). The molecule has 0 atom stereocenters. The number of rotatable bonds is 4. The molecule has 186 valence electrons. The summed E-state index contributed by atoms with van der Waals surface area (Å²) in [6, 6.07) is 10.6. The minimum absolute atomic E-state index is 0.0620. The van der Waals surface area contributed by atoms with Crippen molar-refractivity contribution >= 4 is 38.5 Å². The van der Waals surface area contributed by atoms with Gasteiger partial charge in [0.15, 0.2) is 5.43 Å². The number of piperazine rings is 1. The van der Waals surface area contributed by atoms with Crippen molar-refractivity contribution in [3.05, 3.63) is 51.2 Å². The molecule has 0 aliphatic carbocycles. The number of aryl methyl sites for hydroxylation is 2. The standard InChI is InChI=1S/C29H33N5O2/c1-5-20-13-23-27(18(4)26(20)33-10-8-32(9-11-33)21-15-36-16-21)34(17(2)3)29-25(28(23)35)22-7-6-19(14-30)12-24(22)31-29/h6-7,12-13,17,21,31H,5,8-11,15-16H2,1-4H3. The van der Waals surface area contributed by atoms with E-state index in [1.165, 1.54) is 16.8 Å². The molecule has 2 aliphatic heterocycles. The Bertz CT molecular complexity index is 1590. The number of hydrogen-bond donors (Lipinski definition) is 1. The van der Waals surface area contributed by atoms with Crippen LogP contribution in [0.15, 0.2) is 29.1 Å². The number of anilines is 1. The molecule has 0 amide bonds. The summed E-state index contributed by atoms with van der Waals surface area (Å²) in [5.41, 5.74) is 7.01. The number of aromatic nitrogens is 2. The van der Waals surface area contributed by atoms with Gasteiger partial charge in [-0.05, 0) is 56.5 Å². The van der Waals surface area contributed by atoms with Crippen molar-refractivity contribution in [3.8, 4) is 6.07 Å². The molecule has 2 fully saturated rings. The average Bonchev–Trinajstić information content (AvgIpc) is 3.22. The number of benzene rings is 2. The highest BCUT2D eigenvalue weighted by atomic mass is 16.5. The first-order valence-corrected chi connectivity index (χ1v) is 13.1. The van der Waals surface area contributed by atoms with Gasteiger partial charge in [0.2, 0.25) is 0 Å². The third-order valence-electron chi connectivity index (χ3n) is 8.11. The van der Waals surface area contributed by atoms with E-state index in [-0.39, 0.29) is 11.5 Å². The largest absolute Gasteiger partial charge is 0.378 e. The van der Waals surface area contributed by atoms with E-state index in [0.717, 1.165) is 73.3 Å². The van der Waals surface area contributed by atoms with E-state index in [2.05, 4.69) is 59.2 Å². The minimum Gasteiger partial charge on any atom is -0.378 e. The van der Waals surface area contributed by atoms with Crippen LogP contribution in [0.25, 0.3) is 32.8 Å². The van der Waals surface area contributed by atoms with Crippen molar-refractivity contribution in [2.75, 3.05) is 44.3 Å². The lowest BCUT2D eigenvalue weighted by Gasteiger charge is -2.44. The molecule has 0 spiro atoms. The fourth-order valence-electron chi connectivity index (χ4n) is 6.23. The summed E-state index contributed by atoms with van der Waals surface area (Å²) in [6.07, 6.45) is 0.876. The van der Waals surface area contributed by atoms with Gasteiger partial charge in [0, 0.05) is 54.2 Å². The quantitative estimate of drug-likeness (QED) is 0.463. The third-order valence-corrected chi connectivity index (χ3v) is 8.11. The monoisotopic (exact) mass is 483 g/mol. The molecule has 2 saturated heterocycles. The number of hydrogen-bond acceptors (Lipinski definition) is 5. The van der Waals surface area contributed by atoms with E-state index in [1.54, 1.807) is 6.07 Å². The SMILES string of the molecule is CCc1cc2c(=O)c3c4ccc(C#N)cc4[nH]c3n(C(C)C)c2c(C)c1N1CCN(C2COC2)CC1. The number of H-pyrrole nitrogens is 1. The van der Waals surface area contributed by atoms with Gasteiger partial charge in [0.25, 0.3) is 0 Å². The number of nitrogens with zero attached hydrogens (tertiary/aromatic N) is 4. The van der Waals surface area contributed by atoms with Crippen LogP contribution in [0.5, 0.6) is 0 Å². The lowest BCUT2D eigenvalue weighted by molar-refractivity contribution is -0.0660. The second-order valence-electron chi connectivity index (χ2n) is 10.5. The molecule has 7 heteroatoms. The summed E-state index contributed by atoms with van der Waals surface area (Å²) >= 11 is 0. The van der Waals surface area contributed by atoms with Crippen molar-refractivity contribution in [1.82, 2.24) is 14.5 Å². The van der Waals surface area contributed by atoms with Crippen molar-refractivity contribution in [3.63, 3.8) is 0 Å². The van der Waals surface area contributed by atoms with Crippen LogP contribution in [0.3, 0.4) is 0 Å². The molecule has 0 unspecified atom stereocenters. The lowest BCUT2D eigenvalue weighted by Crippen LogP contribution is -2.56. The first kappa shape index (κ1) is 23.1. The summed E-state index contributed by atoms with van der Waals surface area (Å²) in [6.45, 7) is 14.4. The molecule has 2 aliphatic rings. The van der Waals surface area contributed by atoms with Crippen LogP contribution in [-0.2, 0) is 11.2 Å². The second kappa shape index (κ2) is 8.65. The Morgan fingerprint density at radius 2 is 1.89 bits per heavy atom. The first-order valence-electron chi connectivity index (χ1n) is 13.1. The van der Waals surface area contributed by atoms with Crippen LogP contribution in [0.4, 0.5) is 5.69 Å². The fourth-order valence-corrected chi connectivity index (χ4v) is 6.23.